The number of rotatable bonds is 10. The zero-order valence-corrected chi connectivity index (χ0v) is 16.6. The number of likely N-dealkylation sites (N-methyl/N-ethyl adjacent to an activating group) is 1. The molecule has 132 valence electrons. The highest BCUT2D eigenvalue weighted by Crippen LogP contribution is 2.07. The molecule has 0 radical (unpaired) electrons. The van der Waals surface area contributed by atoms with Crippen LogP contribution in [-0.2, 0) is 9.47 Å². The van der Waals surface area contributed by atoms with Crippen molar-refractivity contribution in [1.82, 2.24) is 15.5 Å². The minimum atomic E-state index is 0. The van der Waals surface area contributed by atoms with Gasteiger partial charge in [0.1, 0.15) is 0 Å². The van der Waals surface area contributed by atoms with Crippen molar-refractivity contribution < 1.29 is 9.47 Å². The third-order valence-electron chi connectivity index (χ3n) is 3.48. The minimum Gasteiger partial charge on any atom is -0.379 e. The van der Waals surface area contributed by atoms with E-state index in [-0.39, 0.29) is 24.0 Å². The zero-order valence-electron chi connectivity index (χ0n) is 14.3. The van der Waals surface area contributed by atoms with Gasteiger partial charge in [0.2, 0.25) is 0 Å². The minimum absolute atomic E-state index is 0. The highest BCUT2D eigenvalue weighted by Gasteiger charge is 2.15. The lowest BCUT2D eigenvalue weighted by Gasteiger charge is -2.16. The van der Waals surface area contributed by atoms with Gasteiger partial charge in [-0.3, -0.25) is 4.99 Å². The van der Waals surface area contributed by atoms with Gasteiger partial charge in [-0.05, 0) is 33.4 Å². The summed E-state index contributed by atoms with van der Waals surface area (Å²) >= 11 is 0. The summed E-state index contributed by atoms with van der Waals surface area (Å²) in [7, 11) is 2.12. The molecule has 7 heteroatoms. The summed E-state index contributed by atoms with van der Waals surface area (Å²) in [6.45, 7) is 11.2. The first-order valence-corrected chi connectivity index (χ1v) is 8.16. The highest BCUT2D eigenvalue weighted by molar-refractivity contribution is 14.0. The standard InChI is InChI=1S/C15H32N4O2.HI/c1-4-16-15(18-9-10-19(3)5-2)17-8-6-11-21-14-7-12-20-13-14;/h14H,4-13H2,1-3H3,(H2,16,17,18);1H. The summed E-state index contributed by atoms with van der Waals surface area (Å²) < 4.78 is 11.0. The van der Waals surface area contributed by atoms with Gasteiger partial charge in [-0.2, -0.15) is 0 Å². The lowest BCUT2D eigenvalue weighted by Crippen LogP contribution is -2.41. The van der Waals surface area contributed by atoms with Gasteiger partial charge in [0.15, 0.2) is 5.96 Å². The fourth-order valence-corrected chi connectivity index (χ4v) is 2.01. The quantitative estimate of drug-likeness (QED) is 0.238. The van der Waals surface area contributed by atoms with Crippen molar-refractivity contribution in [2.24, 2.45) is 4.99 Å². The van der Waals surface area contributed by atoms with E-state index in [4.69, 9.17) is 9.47 Å². The van der Waals surface area contributed by atoms with Crippen molar-refractivity contribution in [3.05, 3.63) is 0 Å². The van der Waals surface area contributed by atoms with Gasteiger partial charge in [-0.1, -0.05) is 6.92 Å². The molecule has 0 aromatic rings. The van der Waals surface area contributed by atoms with Crippen molar-refractivity contribution in [2.75, 3.05) is 59.6 Å². The Bertz CT molecular complexity index is 287. The summed E-state index contributed by atoms with van der Waals surface area (Å²) in [6, 6.07) is 0. The molecular weight excluding hydrogens is 395 g/mol. The van der Waals surface area contributed by atoms with Crippen LogP contribution in [0.4, 0.5) is 0 Å². The summed E-state index contributed by atoms with van der Waals surface area (Å²) in [5.41, 5.74) is 0. The van der Waals surface area contributed by atoms with Crippen LogP contribution >= 0.6 is 24.0 Å². The number of nitrogens with zero attached hydrogens (tertiary/aromatic N) is 2. The van der Waals surface area contributed by atoms with Crippen molar-refractivity contribution in [2.45, 2.75) is 32.8 Å². The molecule has 0 bridgehead atoms. The first kappa shape index (κ1) is 21.9. The van der Waals surface area contributed by atoms with E-state index in [1.54, 1.807) is 0 Å². The molecule has 22 heavy (non-hydrogen) atoms. The second-order valence-electron chi connectivity index (χ2n) is 5.29. The molecule has 0 aromatic heterocycles. The summed E-state index contributed by atoms with van der Waals surface area (Å²) in [5.74, 6) is 0.895. The molecule has 0 saturated carbocycles. The normalized spacial score (nSPS) is 18.4. The maximum absolute atomic E-state index is 5.73. The number of aliphatic imine (C=N–C) groups is 1. The molecule has 0 amide bonds. The predicted molar refractivity (Wildman–Crippen MR) is 102 cm³/mol. The van der Waals surface area contributed by atoms with Crippen LogP contribution in [0.15, 0.2) is 4.99 Å². The summed E-state index contributed by atoms with van der Waals surface area (Å²) in [5, 5.41) is 6.62. The van der Waals surface area contributed by atoms with E-state index in [1.807, 2.05) is 0 Å². The molecule has 1 unspecified atom stereocenters. The molecule has 0 aromatic carbocycles. The number of ether oxygens (including phenoxy) is 2. The van der Waals surface area contributed by atoms with Crippen molar-refractivity contribution in [3.63, 3.8) is 0 Å². The van der Waals surface area contributed by atoms with Gasteiger partial charge in [-0.25, -0.2) is 0 Å². The Kier molecular flexibility index (Phi) is 14.4. The summed E-state index contributed by atoms with van der Waals surface area (Å²) in [6.07, 6.45) is 2.27. The maximum atomic E-state index is 5.73. The van der Waals surface area contributed by atoms with Gasteiger partial charge < -0.3 is 25.0 Å². The molecule has 1 aliphatic heterocycles. The third kappa shape index (κ3) is 10.6. The molecule has 2 N–H and O–H groups in total. The molecule has 0 aliphatic carbocycles. The average Bonchev–Trinajstić information content (AvgIpc) is 2.99. The average molecular weight is 428 g/mol. The van der Waals surface area contributed by atoms with E-state index < -0.39 is 0 Å². The van der Waals surface area contributed by atoms with Crippen molar-refractivity contribution >= 4 is 29.9 Å². The smallest absolute Gasteiger partial charge is 0.191 e. The Morgan fingerprint density at radius 3 is 2.82 bits per heavy atom. The van der Waals surface area contributed by atoms with Crippen molar-refractivity contribution in [3.8, 4) is 0 Å². The van der Waals surface area contributed by atoms with Crippen LogP contribution in [0.1, 0.15) is 26.7 Å². The highest BCUT2D eigenvalue weighted by atomic mass is 127. The second-order valence-corrected chi connectivity index (χ2v) is 5.29. The first-order chi connectivity index (χ1) is 10.3. The molecule has 1 fully saturated rings. The number of halogens is 1. The molecule has 1 saturated heterocycles. The van der Waals surface area contributed by atoms with Crippen LogP contribution < -0.4 is 10.6 Å². The molecule has 1 aliphatic rings. The van der Waals surface area contributed by atoms with Gasteiger partial charge in [0, 0.05) is 39.4 Å². The molecule has 1 heterocycles. The first-order valence-electron chi connectivity index (χ1n) is 8.16. The van der Waals surface area contributed by atoms with Gasteiger partial charge in [0.25, 0.3) is 0 Å². The SMILES string of the molecule is CCNC(=NCCCOC1CCOC1)NCCN(C)CC.I. The van der Waals surface area contributed by atoms with Crippen molar-refractivity contribution in [1.29, 1.82) is 0 Å². The van der Waals surface area contributed by atoms with Gasteiger partial charge >= 0.3 is 0 Å². The van der Waals surface area contributed by atoms with Crippen LogP contribution in [0.5, 0.6) is 0 Å². The zero-order chi connectivity index (χ0) is 15.3. The third-order valence-corrected chi connectivity index (χ3v) is 3.48. The van der Waals surface area contributed by atoms with Crippen LogP contribution in [0, 0.1) is 0 Å². The van der Waals surface area contributed by atoms with E-state index >= 15 is 0 Å². The predicted octanol–water partition coefficient (Wildman–Crippen LogP) is 1.31. The Balaban J connectivity index is 0.00000441. The second kappa shape index (κ2) is 14.5. The lowest BCUT2D eigenvalue weighted by atomic mass is 10.3. The molecule has 1 rings (SSSR count). The number of guanidine groups is 1. The molecular formula is C15H33IN4O2. The van der Waals surface area contributed by atoms with Gasteiger partial charge in [-0.15, -0.1) is 24.0 Å². The van der Waals surface area contributed by atoms with E-state index in [0.29, 0.717) is 6.10 Å². The Morgan fingerprint density at radius 2 is 2.18 bits per heavy atom. The monoisotopic (exact) mass is 428 g/mol. The topological polar surface area (TPSA) is 58.1 Å². The fraction of sp³-hybridized carbons (Fsp3) is 0.933. The van der Waals surface area contributed by atoms with Crippen LogP contribution in [0.2, 0.25) is 0 Å². The number of hydrogen-bond donors (Lipinski definition) is 2. The Hall–Kier alpha value is -0.120. The van der Waals surface area contributed by atoms with E-state index in [9.17, 15) is 0 Å². The molecule has 1 atom stereocenters. The number of nitrogens with one attached hydrogen (secondary N) is 2. The Morgan fingerprint density at radius 1 is 1.36 bits per heavy atom. The molecule has 0 spiro atoms. The largest absolute Gasteiger partial charge is 0.379 e. The lowest BCUT2D eigenvalue weighted by molar-refractivity contribution is 0.0424. The molecule has 6 nitrogen and oxygen atoms in total. The van der Waals surface area contributed by atoms with Crippen LogP contribution in [0.3, 0.4) is 0 Å². The van der Waals surface area contributed by atoms with Crippen LogP contribution in [0.25, 0.3) is 0 Å². The fourth-order valence-electron chi connectivity index (χ4n) is 2.01. The van der Waals surface area contributed by atoms with E-state index in [2.05, 4.69) is 41.4 Å². The number of hydrogen-bond acceptors (Lipinski definition) is 4. The van der Waals surface area contributed by atoms with E-state index in [0.717, 1.165) is 71.3 Å². The summed E-state index contributed by atoms with van der Waals surface area (Å²) in [4.78, 5) is 6.84. The maximum Gasteiger partial charge on any atom is 0.191 e. The van der Waals surface area contributed by atoms with Gasteiger partial charge in [0.05, 0.1) is 12.7 Å². The Labute approximate surface area is 152 Å². The van der Waals surface area contributed by atoms with Crippen LogP contribution in [-0.4, -0.2) is 76.6 Å². The van der Waals surface area contributed by atoms with E-state index in [1.165, 1.54) is 0 Å².